The molecule has 1 aromatic carbocycles. The molecule has 0 aliphatic carbocycles. The molecule has 1 aliphatic heterocycles. The van der Waals surface area contributed by atoms with E-state index in [4.69, 9.17) is 5.73 Å². The Morgan fingerprint density at radius 1 is 1.20 bits per heavy atom. The summed E-state index contributed by atoms with van der Waals surface area (Å²) in [5, 5.41) is 4.21. The van der Waals surface area contributed by atoms with E-state index in [2.05, 4.69) is 5.10 Å². The number of alkyl halides is 3. The predicted octanol–water partition coefficient (Wildman–Crippen LogP) is 2.65. The fourth-order valence-electron chi connectivity index (χ4n) is 2.90. The normalized spacial score (nSPS) is 20.9. The topological polar surface area (TPSA) is 64.2 Å². The van der Waals surface area contributed by atoms with Crippen molar-refractivity contribution in [1.82, 2.24) is 14.7 Å². The average molecular weight is 375 g/mol. The van der Waals surface area contributed by atoms with Crippen LogP contribution in [0.1, 0.15) is 16.9 Å². The number of halogens is 4. The lowest BCUT2D eigenvalue weighted by molar-refractivity contribution is -0.188. The van der Waals surface area contributed by atoms with Gasteiger partial charge in [0.1, 0.15) is 0 Å². The van der Waals surface area contributed by atoms with E-state index in [1.165, 1.54) is 4.90 Å². The Bertz CT molecular complexity index is 720. The Kier molecular flexibility index (Phi) is 5.74. The molecule has 1 saturated heterocycles. The first-order valence-corrected chi connectivity index (χ1v) is 7.59. The zero-order valence-corrected chi connectivity index (χ0v) is 14.0. The summed E-state index contributed by atoms with van der Waals surface area (Å²) in [4.78, 5) is 13.8. The van der Waals surface area contributed by atoms with Crippen molar-refractivity contribution in [3.63, 3.8) is 0 Å². The van der Waals surface area contributed by atoms with Gasteiger partial charge in [-0.3, -0.25) is 4.79 Å². The van der Waals surface area contributed by atoms with E-state index in [1.807, 2.05) is 30.3 Å². The monoisotopic (exact) mass is 374 g/mol. The number of piperidine rings is 1. The third-order valence-corrected chi connectivity index (χ3v) is 4.19. The number of carbonyl (C=O) groups is 1. The van der Waals surface area contributed by atoms with E-state index in [1.54, 1.807) is 16.9 Å². The van der Waals surface area contributed by atoms with Crippen LogP contribution in [-0.4, -0.2) is 45.9 Å². The quantitative estimate of drug-likeness (QED) is 0.879. The average Bonchev–Trinajstić information content (AvgIpc) is 3.03. The van der Waals surface area contributed by atoms with Crippen LogP contribution in [0, 0.1) is 5.92 Å². The summed E-state index contributed by atoms with van der Waals surface area (Å²) in [6.45, 7) is -0.101. The molecule has 1 aromatic heterocycles. The lowest BCUT2D eigenvalue weighted by atomic mass is 9.91. The highest BCUT2D eigenvalue weighted by Crippen LogP contribution is 2.33. The molecule has 2 aromatic rings. The molecule has 0 saturated carbocycles. The number of para-hydroxylation sites is 1. The Balaban J connectivity index is 0.00000225. The van der Waals surface area contributed by atoms with Crippen molar-refractivity contribution in [2.45, 2.75) is 18.6 Å². The van der Waals surface area contributed by atoms with Crippen molar-refractivity contribution in [3.05, 3.63) is 48.3 Å². The van der Waals surface area contributed by atoms with Gasteiger partial charge in [-0.2, -0.15) is 18.3 Å². The zero-order valence-electron chi connectivity index (χ0n) is 13.2. The highest BCUT2D eigenvalue weighted by molar-refractivity contribution is 5.92. The first-order chi connectivity index (χ1) is 11.4. The summed E-state index contributed by atoms with van der Waals surface area (Å²) >= 11 is 0. The van der Waals surface area contributed by atoms with Crippen molar-refractivity contribution in [2.24, 2.45) is 11.7 Å². The molecule has 25 heavy (non-hydrogen) atoms. The molecule has 2 unspecified atom stereocenters. The molecule has 5 nitrogen and oxygen atoms in total. The number of nitrogens with zero attached hydrogens (tertiary/aromatic N) is 3. The van der Waals surface area contributed by atoms with Crippen LogP contribution in [0.25, 0.3) is 5.69 Å². The van der Waals surface area contributed by atoms with Crippen LogP contribution in [0.2, 0.25) is 0 Å². The van der Waals surface area contributed by atoms with Crippen molar-refractivity contribution < 1.29 is 18.0 Å². The third kappa shape index (κ3) is 4.13. The number of likely N-dealkylation sites (tertiary alicyclic amines) is 1. The van der Waals surface area contributed by atoms with E-state index in [0.29, 0.717) is 0 Å². The first-order valence-electron chi connectivity index (χ1n) is 7.59. The number of hydrogen-bond donors (Lipinski definition) is 1. The standard InChI is InChI=1S/C16H17F3N4O.ClH/c17-16(18,19)12-6-8-22(10-13(12)20)15(24)14-7-9-23(21-14)11-4-2-1-3-5-11;/h1-5,7,9,12-13H,6,8,10,20H2;1H. The minimum atomic E-state index is -4.33. The van der Waals surface area contributed by atoms with Gasteiger partial charge in [0, 0.05) is 25.3 Å². The smallest absolute Gasteiger partial charge is 0.336 e. The molecular weight excluding hydrogens is 357 g/mol. The zero-order chi connectivity index (χ0) is 17.3. The van der Waals surface area contributed by atoms with Crippen LogP contribution in [-0.2, 0) is 0 Å². The van der Waals surface area contributed by atoms with Crippen LogP contribution in [0.5, 0.6) is 0 Å². The molecule has 1 aliphatic rings. The van der Waals surface area contributed by atoms with Crippen LogP contribution in [0.4, 0.5) is 13.2 Å². The summed E-state index contributed by atoms with van der Waals surface area (Å²) in [5.41, 5.74) is 6.61. The highest BCUT2D eigenvalue weighted by Gasteiger charge is 2.46. The lowest BCUT2D eigenvalue weighted by Crippen LogP contribution is -2.54. The van der Waals surface area contributed by atoms with Gasteiger partial charge >= 0.3 is 6.18 Å². The van der Waals surface area contributed by atoms with Gasteiger partial charge in [0.2, 0.25) is 0 Å². The molecule has 0 spiro atoms. The first kappa shape index (κ1) is 19.3. The van der Waals surface area contributed by atoms with Crippen molar-refractivity contribution in [2.75, 3.05) is 13.1 Å². The minimum absolute atomic E-state index is 0. The molecule has 0 bridgehead atoms. The van der Waals surface area contributed by atoms with Crippen LogP contribution in [0.3, 0.4) is 0 Å². The summed E-state index contributed by atoms with van der Waals surface area (Å²) in [5.74, 6) is -1.97. The van der Waals surface area contributed by atoms with Crippen molar-refractivity contribution >= 4 is 18.3 Å². The highest BCUT2D eigenvalue weighted by atomic mass is 35.5. The van der Waals surface area contributed by atoms with Gasteiger partial charge in [0.25, 0.3) is 5.91 Å². The van der Waals surface area contributed by atoms with Gasteiger partial charge in [0.05, 0.1) is 11.6 Å². The van der Waals surface area contributed by atoms with Gasteiger partial charge in [-0.25, -0.2) is 4.68 Å². The Morgan fingerprint density at radius 3 is 2.48 bits per heavy atom. The molecule has 0 radical (unpaired) electrons. The summed E-state index contributed by atoms with van der Waals surface area (Å²) < 4.78 is 40.1. The molecule has 3 rings (SSSR count). The maximum Gasteiger partial charge on any atom is 0.393 e. The number of nitrogens with two attached hydrogens (primary N) is 1. The molecule has 136 valence electrons. The summed E-state index contributed by atoms with van der Waals surface area (Å²) in [6, 6.07) is 9.68. The summed E-state index contributed by atoms with van der Waals surface area (Å²) in [7, 11) is 0. The largest absolute Gasteiger partial charge is 0.393 e. The van der Waals surface area contributed by atoms with E-state index >= 15 is 0 Å². The molecule has 2 N–H and O–H groups in total. The second-order valence-electron chi connectivity index (χ2n) is 5.83. The van der Waals surface area contributed by atoms with Gasteiger partial charge < -0.3 is 10.6 Å². The molecule has 9 heteroatoms. The molecule has 2 atom stereocenters. The molecule has 1 amide bonds. The molecule has 2 heterocycles. The Hall–Kier alpha value is -2.06. The molecule has 1 fully saturated rings. The Morgan fingerprint density at radius 2 is 1.88 bits per heavy atom. The number of amides is 1. The maximum absolute atomic E-state index is 12.8. The van der Waals surface area contributed by atoms with Crippen molar-refractivity contribution in [1.29, 1.82) is 0 Å². The fraction of sp³-hybridized carbons (Fsp3) is 0.375. The predicted molar refractivity (Wildman–Crippen MR) is 88.9 cm³/mol. The van der Waals surface area contributed by atoms with E-state index in [9.17, 15) is 18.0 Å². The number of aromatic nitrogens is 2. The second-order valence-corrected chi connectivity index (χ2v) is 5.83. The maximum atomic E-state index is 12.8. The van der Waals surface area contributed by atoms with Crippen LogP contribution < -0.4 is 5.73 Å². The lowest BCUT2D eigenvalue weighted by Gasteiger charge is -2.37. The van der Waals surface area contributed by atoms with E-state index in [-0.39, 0.29) is 37.6 Å². The van der Waals surface area contributed by atoms with Gasteiger partial charge in [-0.15, -0.1) is 12.4 Å². The fourth-order valence-corrected chi connectivity index (χ4v) is 2.90. The van der Waals surface area contributed by atoms with E-state index < -0.39 is 24.0 Å². The third-order valence-electron chi connectivity index (χ3n) is 4.19. The summed E-state index contributed by atoms with van der Waals surface area (Å²) in [6.07, 6.45) is -2.87. The number of benzene rings is 1. The van der Waals surface area contributed by atoms with Crippen LogP contribution in [0.15, 0.2) is 42.6 Å². The van der Waals surface area contributed by atoms with Gasteiger partial charge in [0.15, 0.2) is 5.69 Å². The van der Waals surface area contributed by atoms with E-state index in [0.717, 1.165) is 5.69 Å². The SMILES string of the molecule is Cl.NC1CN(C(=O)c2ccn(-c3ccccc3)n2)CCC1C(F)(F)F. The molecular formula is C16H18ClF3N4O. The second kappa shape index (κ2) is 7.45. The number of carbonyl (C=O) groups excluding carboxylic acids is 1. The van der Waals surface area contributed by atoms with Crippen LogP contribution >= 0.6 is 12.4 Å². The number of rotatable bonds is 2. The minimum Gasteiger partial charge on any atom is -0.336 e. The van der Waals surface area contributed by atoms with Crippen molar-refractivity contribution in [3.8, 4) is 5.69 Å². The van der Waals surface area contributed by atoms with Gasteiger partial charge in [-0.1, -0.05) is 18.2 Å². The Labute approximate surface area is 149 Å². The van der Waals surface area contributed by atoms with Gasteiger partial charge in [-0.05, 0) is 24.6 Å². The number of hydrogen-bond acceptors (Lipinski definition) is 3.